The maximum Gasteiger partial charge on any atom is 0.413 e. The van der Waals surface area contributed by atoms with E-state index >= 15 is 0 Å². The van der Waals surface area contributed by atoms with Crippen LogP contribution in [0.5, 0.6) is 0 Å². The summed E-state index contributed by atoms with van der Waals surface area (Å²) in [5.41, 5.74) is 11.7. The molecule has 4 nitrogen and oxygen atoms in total. The highest BCUT2D eigenvalue weighted by Crippen LogP contribution is 2.71. The van der Waals surface area contributed by atoms with Crippen LogP contribution in [0.2, 0.25) is 88.6 Å². The summed E-state index contributed by atoms with van der Waals surface area (Å²) in [5, 5.41) is -0.450. The molecule has 0 bridgehead atoms. The van der Waals surface area contributed by atoms with E-state index in [1.165, 1.54) is 44.6 Å². The molecule has 0 aromatic carbocycles. The van der Waals surface area contributed by atoms with Gasteiger partial charge in [0.15, 0.2) is 0 Å². The summed E-state index contributed by atoms with van der Waals surface area (Å²) < 4.78 is 23.0. The van der Waals surface area contributed by atoms with Crippen molar-refractivity contribution >= 4 is 50.4 Å². The third kappa shape index (κ3) is 4.71. The first-order valence-electron chi connectivity index (χ1n) is 16.2. The van der Waals surface area contributed by atoms with Crippen LogP contribution >= 0.6 is 0 Å². The van der Waals surface area contributed by atoms with Gasteiger partial charge >= 0.3 is 17.4 Å². The zero-order valence-electron chi connectivity index (χ0n) is 31.7. The van der Waals surface area contributed by atoms with E-state index in [2.05, 4.69) is 156 Å². The fourth-order valence-corrected chi connectivity index (χ4v) is 56.9. The standard InChI is InChI=1S/C32H66N2O2Si6/c1-23-24(2)28(6)31(9,27(23)5)41(33(37(11,12)13)38(14,15)16)35-42(36-41,34(39(17,18)19)40(20,21)22)32(10)29(7)25(3)26(4)30(32)8/h1-22H3. The van der Waals surface area contributed by atoms with Gasteiger partial charge in [0, 0.05) is 0 Å². The highest BCUT2D eigenvalue weighted by atomic mass is 28.6. The van der Waals surface area contributed by atoms with Gasteiger partial charge in [-0.05, 0) is 91.5 Å². The predicted octanol–water partition coefficient (Wildman–Crippen LogP) is 10.7. The van der Waals surface area contributed by atoms with Crippen molar-refractivity contribution < 1.29 is 8.23 Å². The highest BCUT2D eigenvalue weighted by molar-refractivity contribution is 7.13. The summed E-state index contributed by atoms with van der Waals surface area (Å²) >= 11 is 0. The highest BCUT2D eigenvalue weighted by Gasteiger charge is 2.85. The van der Waals surface area contributed by atoms with Gasteiger partial charge in [0.2, 0.25) is 0 Å². The molecule has 0 aromatic rings. The van der Waals surface area contributed by atoms with Crippen LogP contribution in [-0.2, 0) is 8.23 Å². The molecular weight excluding hydrogens is 613 g/mol. The Labute approximate surface area is 267 Å². The van der Waals surface area contributed by atoms with Crippen molar-refractivity contribution in [3.63, 3.8) is 0 Å². The number of allylic oxidation sites excluding steroid dienone is 8. The Morgan fingerprint density at radius 3 is 0.714 bits per heavy atom. The second kappa shape index (κ2) is 10.3. The molecule has 1 saturated heterocycles. The Morgan fingerprint density at radius 1 is 0.405 bits per heavy atom. The fourth-order valence-electron chi connectivity index (χ4n) is 9.33. The predicted molar refractivity (Wildman–Crippen MR) is 201 cm³/mol. The summed E-state index contributed by atoms with van der Waals surface area (Å²) in [4.78, 5) is 0. The molecule has 0 unspecified atom stereocenters. The van der Waals surface area contributed by atoms with Crippen molar-refractivity contribution in [1.82, 2.24) is 7.79 Å². The van der Waals surface area contributed by atoms with E-state index in [4.69, 9.17) is 8.23 Å². The van der Waals surface area contributed by atoms with Gasteiger partial charge in [-0.1, -0.05) is 101 Å². The second-order valence-corrected chi connectivity index (χ2v) is 46.7. The molecule has 1 heterocycles. The lowest BCUT2D eigenvalue weighted by atomic mass is 9.98. The maximum atomic E-state index is 8.50. The molecule has 0 radical (unpaired) electrons. The Hall–Kier alpha value is 0.101. The smallest absolute Gasteiger partial charge is 0.391 e. The molecular formula is C32H66N2O2Si6. The molecule has 1 fully saturated rings. The molecule has 0 N–H and O–H groups in total. The molecule has 0 saturated carbocycles. The van der Waals surface area contributed by atoms with Gasteiger partial charge in [0.1, 0.15) is 32.9 Å². The van der Waals surface area contributed by atoms with Crippen LogP contribution in [0.3, 0.4) is 0 Å². The van der Waals surface area contributed by atoms with Crippen LogP contribution in [0.1, 0.15) is 69.2 Å². The molecule has 10 heteroatoms. The van der Waals surface area contributed by atoms with Gasteiger partial charge in [0.25, 0.3) is 0 Å². The molecule has 0 spiro atoms. The molecule has 1 aliphatic heterocycles. The van der Waals surface area contributed by atoms with Gasteiger partial charge < -0.3 is 16.0 Å². The van der Waals surface area contributed by atoms with Gasteiger partial charge in [-0.2, -0.15) is 0 Å². The SMILES string of the molecule is CC1=C(C)C(C)([Si]2(N([Si](C)(C)C)[Si](C)(C)C)O[Si](N([Si](C)(C)C)[Si](C)(C)C)(C3(C)C(C)=C(C)C(C)=C3C)O2)C(C)=C1C. The van der Waals surface area contributed by atoms with Gasteiger partial charge in [-0.15, -0.1) is 0 Å². The van der Waals surface area contributed by atoms with E-state index in [1.54, 1.807) is 0 Å². The van der Waals surface area contributed by atoms with Crippen LogP contribution < -0.4 is 0 Å². The summed E-state index contributed by atoms with van der Waals surface area (Å²) in [7, 11) is -13.7. The van der Waals surface area contributed by atoms with E-state index in [0.717, 1.165) is 0 Å². The molecule has 3 aliphatic rings. The number of rotatable bonds is 8. The quantitative estimate of drug-likeness (QED) is 0.239. The molecule has 0 atom stereocenters. The Bertz CT molecular complexity index is 1120. The molecule has 0 aromatic heterocycles. The van der Waals surface area contributed by atoms with Crippen molar-refractivity contribution in [2.45, 2.75) is 158 Å². The second-order valence-electron chi connectivity index (χ2n) is 18.0. The van der Waals surface area contributed by atoms with E-state index in [9.17, 15) is 0 Å². The summed E-state index contributed by atoms with van der Waals surface area (Å²) in [6, 6.07) is 0. The van der Waals surface area contributed by atoms with Crippen molar-refractivity contribution in [3.05, 3.63) is 44.6 Å². The van der Waals surface area contributed by atoms with Crippen LogP contribution in [0.25, 0.3) is 0 Å². The molecule has 2 aliphatic carbocycles. The van der Waals surface area contributed by atoms with Crippen LogP contribution in [0.4, 0.5) is 0 Å². The van der Waals surface area contributed by atoms with Gasteiger partial charge in [0.05, 0.1) is 10.1 Å². The minimum absolute atomic E-state index is 0.225. The average Bonchev–Trinajstić information content (AvgIpc) is 3.01. The minimum atomic E-state index is -3.06. The molecule has 240 valence electrons. The van der Waals surface area contributed by atoms with E-state index in [0.29, 0.717) is 0 Å². The zero-order valence-corrected chi connectivity index (χ0v) is 37.7. The van der Waals surface area contributed by atoms with Crippen LogP contribution in [-0.4, -0.2) is 58.2 Å². The lowest BCUT2D eigenvalue weighted by Gasteiger charge is -2.74. The molecule has 0 amide bonds. The topological polar surface area (TPSA) is 24.9 Å². The third-order valence-electron chi connectivity index (χ3n) is 11.5. The maximum absolute atomic E-state index is 8.50. The van der Waals surface area contributed by atoms with Crippen molar-refractivity contribution in [2.75, 3.05) is 0 Å². The molecule has 3 rings (SSSR count). The first kappa shape index (κ1) is 36.6. The Kier molecular flexibility index (Phi) is 8.97. The summed E-state index contributed by atoms with van der Waals surface area (Å²) in [6.07, 6.45) is 0. The number of hydrogen-bond acceptors (Lipinski definition) is 4. The lowest BCUT2D eigenvalue weighted by Crippen LogP contribution is -2.95. The van der Waals surface area contributed by atoms with E-state index in [1.807, 2.05) is 0 Å². The van der Waals surface area contributed by atoms with Crippen LogP contribution in [0, 0.1) is 0 Å². The fraction of sp³-hybridized carbons (Fsp3) is 0.750. The third-order valence-corrected chi connectivity index (χ3v) is 46.1. The minimum Gasteiger partial charge on any atom is -0.391 e. The number of nitrogens with zero attached hydrogens (tertiary/aromatic N) is 2. The van der Waals surface area contributed by atoms with E-state index in [-0.39, 0.29) is 10.1 Å². The average molecular weight is 679 g/mol. The number of hydrogen-bond donors (Lipinski definition) is 0. The molecule has 42 heavy (non-hydrogen) atoms. The van der Waals surface area contributed by atoms with Gasteiger partial charge in [-0.25, -0.2) is 0 Å². The Morgan fingerprint density at radius 2 is 0.571 bits per heavy atom. The van der Waals surface area contributed by atoms with Crippen molar-refractivity contribution in [2.24, 2.45) is 0 Å². The lowest BCUT2D eigenvalue weighted by molar-refractivity contribution is 0.124. The van der Waals surface area contributed by atoms with Crippen LogP contribution in [0.15, 0.2) is 44.6 Å². The van der Waals surface area contributed by atoms with Crippen molar-refractivity contribution in [3.8, 4) is 0 Å². The summed E-state index contributed by atoms with van der Waals surface area (Å²) in [6.45, 7) is 54.4. The first-order valence-corrected chi connectivity index (χ1v) is 33.5. The van der Waals surface area contributed by atoms with Crippen molar-refractivity contribution in [1.29, 1.82) is 0 Å². The summed E-state index contributed by atoms with van der Waals surface area (Å²) in [5.74, 6) is 0. The Balaban J connectivity index is 2.58. The zero-order chi connectivity index (χ0) is 33.2. The monoisotopic (exact) mass is 678 g/mol. The van der Waals surface area contributed by atoms with E-state index < -0.39 is 50.4 Å². The largest absolute Gasteiger partial charge is 0.413 e. The van der Waals surface area contributed by atoms with Gasteiger partial charge in [-0.3, -0.25) is 0 Å². The first-order chi connectivity index (χ1) is 18.4. The normalized spacial score (nSPS) is 29.1.